The molecule has 1 aliphatic carbocycles. The number of aliphatic hydroxyl groups is 1. The minimum Gasteiger partial charge on any atom is -0.396 e. The standard InChI is InChI=1S/C11H15NO2S/c1-8-2-5-15-9(8)10(14)12-6-11(7-13)3-4-11/h2,5,13H,3-4,6-7H2,1H3,(H,12,14). The molecule has 15 heavy (non-hydrogen) atoms. The summed E-state index contributed by atoms with van der Waals surface area (Å²) in [6.07, 6.45) is 2.04. The van der Waals surface area contributed by atoms with E-state index in [2.05, 4.69) is 5.32 Å². The SMILES string of the molecule is Cc1ccsc1C(=O)NCC1(CO)CC1. The van der Waals surface area contributed by atoms with E-state index in [1.807, 2.05) is 18.4 Å². The molecule has 2 rings (SSSR count). The van der Waals surface area contributed by atoms with Crippen LogP contribution in [0.5, 0.6) is 0 Å². The molecule has 0 atom stereocenters. The Morgan fingerprint density at radius 3 is 2.87 bits per heavy atom. The van der Waals surface area contributed by atoms with Gasteiger partial charge in [0.05, 0.1) is 11.5 Å². The molecule has 0 unspecified atom stereocenters. The van der Waals surface area contributed by atoms with E-state index < -0.39 is 0 Å². The average molecular weight is 225 g/mol. The third-order valence-electron chi connectivity index (χ3n) is 2.98. The zero-order valence-electron chi connectivity index (χ0n) is 8.75. The van der Waals surface area contributed by atoms with Crippen molar-refractivity contribution >= 4 is 17.2 Å². The molecule has 2 N–H and O–H groups in total. The largest absolute Gasteiger partial charge is 0.396 e. The van der Waals surface area contributed by atoms with Gasteiger partial charge in [0.25, 0.3) is 5.91 Å². The Hall–Kier alpha value is -0.870. The summed E-state index contributed by atoms with van der Waals surface area (Å²) < 4.78 is 0. The Morgan fingerprint density at radius 1 is 1.67 bits per heavy atom. The Labute approximate surface area is 93.1 Å². The van der Waals surface area contributed by atoms with E-state index in [4.69, 9.17) is 5.11 Å². The molecule has 0 aliphatic heterocycles. The molecule has 1 fully saturated rings. The highest BCUT2D eigenvalue weighted by molar-refractivity contribution is 7.12. The highest BCUT2D eigenvalue weighted by atomic mass is 32.1. The van der Waals surface area contributed by atoms with E-state index in [0.717, 1.165) is 23.3 Å². The number of amides is 1. The monoisotopic (exact) mass is 225 g/mol. The smallest absolute Gasteiger partial charge is 0.261 e. The van der Waals surface area contributed by atoms with Gasteiger partial charge in [-0.1, -0.05) is 0 Å². The van der Waals surface area contributed by atoms with Crippen LogP contribution in [-0.4, -0.2) is 24.2 Å². The number of aryl methyl sites for hydroxylation is 1. The van der Waals surface area contributed by atoms with Crippen molar-refractivity contribution in [1.29, 1.82) is 0 Å². The third kappa shape index (κ3) is 2.21. The van der Waals surface area contributed by atoms with Crippen LogP contribution in [0.2, 0.25) is 0 Å². The minimum absolute atomic E-state index is 0.0118. The van der Waals surface area contributed by atoms with E-state index >= 15 is 0 Å². The zero-order valence-corrected chi connectivity index (χ0v) is 9.56. The molecule has 82 valence electrons. The first kappa shape index (κ1) is 10.6. The molecule has 3 nitrogen and oxygen atoms in total. The van der Waals surface area contributed by atoms with Gasteiger partial charge in [0.1, 0.15) is 0 Å². The highest BCUT2D eigenvalue weighted by Gasteiger charge is 2.42. The van der Waals surface area contributed by atoms with Crippen molar-refractivity contribution in [1.82, 2.24) is 5.32 Å². The Balaban J connectivity index is 1.91. The topological polar surface area (TPSA) is 49.3 Å². The first-order chi connectivity index (χ1) is 7.17. The Kier molecular flexibility index (Phi) is 2.80. The first-order valence-corrected chi connectivity index (χ1v) is 5.98. The number of hydrogen-bond donors (Lipinski definition) is 2. The average Bonchev–Trinajstić information content (AvgIpc) is 2.91. The van der Waals surface area contributed by atoms with Gasteiger partial charge in [-0.25, -0.2) is 0 Å². The van der Waals surface area contributed by atoms with E-state index in [0.29, 0.717) is 6.54 Å². The molecular formula is C11H15NO2S. The van der Waals surface area contributed by atoms with Gasteiger partial charge in [-0.3, -0.25) is 4.79 Å². The van der Waals surface area contributed by atoms with Gasteiger partial charge >= 0.3 is 0 Å². The maximum atomic E-state index is 11.7. The van der Waals surface area contributed by atoms with Crippen LogP contribution >= 0.6 is 11.3 Å². The number of carbonyl (C=O) groups excluding carboxylic acids is 1. The van der Waals surface area contributed by atoms with Crippen molar-refractivity contribution in [3.8, 4) is 0 Å². The van der Waals surface area contributed by atoms with Crippen molar-refractivity contribution in [3.63, 3.8) is 0 Å². The predicted molar refractivity (Wildman–Crippen MR) is 60.1 cm³/mol. The van der Waals surface area contributed by atoms with E-state index in [1.165, 1.54) is 11.3 Å². The van der Waals surface area contributed by atoms with E-state index in [-0.39, 0.29) is 17.9 Å². The van der Waals surface area contributed by atoms with Crippen LogP contribution in [0.15, 0.2) is 11.4 Å². The van der Waals surface area contributed by atoms with Crippen molar-refractivity contribution in [2.24, 2.45) is 5.41 Å². The van der Waals surface area contributed by atoms with Gasteiger partial charge in [-0.05, 0) is 36.8 Å². The second-order valence-corrected chi connectivity index (χ2v) is 5.19. The van der Waals surface area contributed by atoms with Crippen molar-refractivity contribution < 1.29 is 9.90 Å². The number of thiophene rings is 1. The van der Waals surface area contributed by atoms with Crippen LogP contribution in [0.3, 0.4) is 0 Å². The molecule has 1 heterocycles. The molecule has 0 aromatic carbocycles. The van der Waals surface area contributed by atoms with Gasteiger partial charge < -0.3 is 10.4 Å². The van der Waals surface area contributed by atoms with Crippen molar-refractivity contribution in [3.05, 3.63) is 21.9 Å². The minimum atomic E-state index is -0.0131. The highest BCUT2D eigenvalue weighted by Crippen LogP contribution is 2.44. The molecule has 1 amide bonds. The number of carbonyl (C=O) groups is 1. The third-order valence-corrected chi connectivity index (χ3v) is 4.00. The zero-order chi connectivity index (χ0) is 10.9. The summed E-state index contributed by atoms with van der Waals surface area (Å²) in [7, 11) is 0. The molecule has 1 aromatic heterocycles. The molecule has 1 aliphatic rings. The summed E-state index contributed by atoms with van der Waals surface area (Å²) in [5, 5.41) is 13.9. The predicted octanol–water partition coefficient (Wildman–Crippen LogP) is 1.56. The summed E-state index contributed by atoms with van der Waals surface area (Å²) in [5.41, 5.74) is 1.01. The van der Waals surface area contributed by atoms with Gasteiger partial charge in [0, 0.05) is 12.0 Å². The lowest BCUT2D eigenvalue weighted by Gasteiger charge is -2.12. The second kappa shape index (κ2) is 3.94. The molecule has 1 aromatic rings. The lowest BCUT2D eigenvalue weighted by atomic mass is 10.1. The number of nitrogens with one attached hydrogen (secondary N) is 1. The summed E-state index contributed by atoms with van der Waals surface area (Å²) in [4.78, 5) is 12.5. The van der Waals surface area contributed by atoms with Gasteiger partial charge in [-0.15, -0.1) is 11.3 Å². The lowest BCUT2D eigenvalue weighted by molar-refractivity contribution is 0.0939. The maximum Gasteiger partial charge on any atom is 0.261 e. The summed E-state index contributed by atoms with van der Waals surface area (Å²) in [5.74, 6) is -0.0118. The van der Waals surface area contributed by atoms with E-state index in [1.54, 1.807) is 0 Å². The quantitative estimate of drug-likeness (QED) is 0.817. The molecular weight excluding hydrogens is 210 g/mol. The number of aliphatic hydroxyl groups excluding tert-OH is 1. The number of rotatable bonds is 4. The molecule has 1 saturated carbocycles. The van der Waals surface area contributed by atoms with Gasteiger partial charge in [-0.2, -0.15) is 0 Å². The van der Waals surface area contributed by atoms with Crippen LogP contribution in [0.25, 0.3) is 0 Å². The first-order valence-electron chi connectivity index (χ1n) is 5.10. The Bertz CT molecular complexity index is 368. The van der Waals surface area contributed by atoms with Crippen LogP contribution in [0.4, 0.5) is 0 Å². The van der Waals surface area contributed by atoms with Crippen LogP contribution in [-0.2, 0) is 0 Å². The fraction of sp³-hybridized carbons (Fsp3) is 0.545. The molecule has 0 saturated heterocycles. The van der Waals surface area contributed by atoms with Crippen LogP contribution in [0, 0.1) is 12.3 Å². The lowest BCUT2D eigenvalue weighted by Crippen LogP contribution is -2.31. The van der Waals surface area contributed by atoms with Crippen LogP contribution in [0.1, 0.15) is 28.1 Å². The summed E-state index contributed by atoms with van der Waals surface area (Å²) in [6, 6.07) is 1.94. The second-order valence-electron chi connectivity index (χ2n) is 4.27. The van der Waals surface area contributed by atoms with Crippen LogP contribution < -0.4 is 5.32 Å². The molecule has 0 radical (unpaired) electrons. The fourth-order valence-electron chi connectivity index (χ4n) is 1.52. The molecule has 0 bridgehead atoms. The normalized spacial score (nSPS) is 17.5. The van der Waals surface area contributed by atoms with Gasteiger partial charge in [0.15, 0.2) is 0 Å². The van der Waals surface area contributed by atoms with Crippen molar-refractivity contribution in [2.45, 2.75) is 19.8 Å². The van der Waals surface area contributed by atoms with Gasteiger partial charge in [0.2, 0.25) is 0 Å². The fourth-order valence-corrected chi connectivity index (χ4v) is 2.36. The van der Waals surface area contributed by atoms with Crippen molar-refractivity contribution in [2.75, 3.05) is 13.2 Å². The Morgan fingerprint density at radius 2 is 2.40 bits per heavy atom. The van der Waals surface area contributed by atoms with E-state index in [9.17, 15) is 4.79 Å². The maximum absolute atomic E-state index is 11.7. The summed E-state index contributed by atoms with van der Waals surface area (Å²) >= 11 is 1.46. The summed E-state index contributed by atoms with van der Waals surface area (Å²) in [6.45, 7) is 2.71. The molecule has 4 heteroatoms. The number of hydrogen-bond acceptors (Lipinski definition) is 3. The molecule has 0 spiro atoms.